The maximum atomic E-state index is 13.3. The van der Waals surface area contributed by atoms with Crippen molar-refractivity contribution in [2.75, 3.05) is 6.54 Å². The summed E-state index contributed by atoms with van der Waals surface area (Å²) in [5.74, 6) is -2.97. The highest BCUT2D eigenvalue weighted by molar-refractivity contribution is 5.53. The molecule has 0 aliphatic heterocycles. The van der Waals surface area contributed by atoms with Gasteiger partial charge in [-0.2, -0.15) is 0 Å². The van der Waals surface area contributed by atoms with E-state index in [1.54, 1.807) is 6.92 Å². The molecule has 0 heterocycles. The SMILES string of the molecule is C/C(=C\c1cc(F)c(F)cc1F)CNC(C)C. The number of benzene rings is 1. The molecule has 94 valence electrons. The molecule has 1 nitrogen and oxygen atoms in total. The second-order valence-corrected chi connectivity index (χ2v) is 4.31. The van der Waals surface area contributed by atoms with Crippen LogP contribution in [0.4, 0.5) is 13.2 Å². The molecule has 0 radical (unpaired) electrons. The number of halogens is 3. The fraction of sp³-hybridized carbons (Fsp3) is 0.385. The van der Waals surface area contributed by atoms with Crippen molar-refractivity contribution in [3.8, 4) is 0 Å². The van der Waals surface area contributed by atoms with Gasteiger partial charge in [-0.25, -0.2) is 13.2 Å². The molecular formula is C13H16F3N. The topological polar surface area (TPSA) is 12.0 Å². The molecule has 0 aliphatic rings. The summed E-state index contributed by atoms with van der Waals surface area (Å²) in [6.45, 7) is 6.36. The van der Waals surface area contributed by atoms with Crippen LogP contribution in [0.5, 0.6) is 0 Å². The van der Waals surface area contributed by atoms with Gasteiger partial charge in [0.05, 0.1) is 0 Å². The second-order valence-electron chi connectivity index (χ2n) is 4.31. The van der Waals surface area contributed by atoms with Gasteiger partial charge in [-0.15, -0.1) is 0 Å². The van der Waals surface area contributed by atoms with Crippen LogP contribution < -0.4 is 5.32 Å². The van der Waals surface area contributed by atoms with Gasteiger partial charge in [-0.3, -0.25) is 0 Å². The van der Waals surface area contributed by atoms with E-state index in [4.69, 9.17) is 0 Å². The maximum Gasteiger partial charge on any atom is 0.161 e. The van der Waals surface area contributed by atoms with Gasteiger partial charge in [0.25, 0.3) is 0 Å². The summed E-state index contributed by atoms with van der Waals surface area (Å²) in [5, 5.41) is 3.15. The summed E-state index contributed by atoms with van der Waals surface area (Å²) in [7, 11) is 0. The third-order valence-corrected chi connectivity index (χ3v) is 2.23. The largest absolute Gasteiger partial charge is 0.311 e. The molecule has 17 heavy (non-hydrogen) atoms. The first kappa shape index (κ1) is 13.8. The number of hydrogen-bond donors (Lipinski definition) is 1. The Kier molecular flexibility index (Phi) is 4.75. The van der Waals surface area contributed by atoms with Crippen molar-refractivity contribution in [3.05, 3.63) is 40.7 Å². The van der Waals surface area contributed by atoms with E-state index in [0.29, 0.717) is 18.7 Å². The lowest BCUT2D eigenvalue weighted by molar-refractivity contribution is 0.494. The van der Waals surface area contributed by atoms with Crippen LogP contribution in [0.2, 0.25) is 0 Å². The van der Waals surface area contributed by atoms with Gasteiger partial charge >= 0.3 is 0 Å². The Balaban J connectivity index is 2.86. The first-order valence-corrected chi connectivity index (χ1v) is 5.45. The van der Waals surface area contributed by atoms with Gasteiger partial charge in [-0.05, 0) is 13.0 Å². The van der Waals surface area contributed by atoms with Crippen LogP contribution in [0.15, 0.2) is 17.7 Å². The highest BCUT2D eigenvalue weighted by atomic mass is 19.2. The van der Waals surface area contributed by atoms with E-state index < -0.39 is 17.5 Å². The Hall–Kier alpha value is -1.29. The lowest BCUT2D eigenvalue weighted by Crippen LogP contribution is -2.24. The van der Waals surface area contributed by atoms with E-state index in [1.807, 2.05) is 13.8 Å². The minimum atomic E-state index is -1.17. The normalized spacial score (nSPS) is 12.3. The van der Waals surface area contributed by atoms with E-state index in [0.717, 1.165) is 11.6 Å². The van der Waals surface area contributed by atoms with Crippen LogP contribution >= 0.6 is 0 Å². The van der Waals surface area contributed by atoms with Gasteiger partial charge in [0.15, 0.2) is 11.6 Å². The van der Waals surface area contributed by atoms with Crippen LogP contribution in [0.1, 0.15) is 26.3 Å². The first-order valence-electron chi connectivity index (χ1n) is 5.45. The van der Waals surface area contributed by atoms with E-state index in [2.05, 4.69) is 5.32 Å². The van der Waals surface area contributed by atoms with Crippen molar-refractivity contribution in [1.82, 2.24) is 5.32 Å². The predicted octanol–water partition coefficient (Wildman–Crippen LogP) is 3.51. The zero-order chi connectivity index (χ0) is 13.0. The zero-order valence-corrected chi connectivity index (χ0v) is 10.2. The summed E-state index contributed by atoms with van der Waals surface area (Å²) < 4.78 is 39.0. The molecule has 0 bridgehead atoms. The fourth-order valence-electron chi connectivity index (χ4n) is 1.33. The van der Waals surface area contributed by atoms with Crippen molar-refractivity contribution < 1.29 is 13.2 Å². The first-order chi connectivity index (χ1) is 7.90. The van der Waals surface area contributed by atoms with Gasteiger partial charge in [0.1, 0.15) is 5.82 Å². The molecule has 0 spiro atoms. The molecule has 4 heteroatoms. The van der Waals surface area contributed by atoms with Crippen molar-refractivity contribution in [1.29, 1.82) is 0 Å². The molecule has 1 aromatic rings. The quantitative estimate of drug-likeness (QED) is 0.798. The molecule has 1 aromatic carbocycles. The summed E-state index contributed by atoms with van der Waals surface area (Å²) in [4.78, 5) is 0. The van der Waals surface area contributed by atoms with E-state index >= 15 is 0 Å². The minimum Gasteiger partial charge on any atom is -0.311 e. The molecule has 0 aliphatic carbocycles. The maximum absolute atomic E-state index is 13.3. The molecule has 0 saturated carbocycles. The van der Waals surface area contributed by atoms with Crippen molar-refractivity contribution >= 4 is 6.08 Å². The van der Waals surface area contributed by atoms with Crippen molar-refractivity contribution in [2.24, 2.45) is 0 Å². The predicted molar refractivity (Wildman–Crippen MR) is 63.1 cm³/mol. The van der Waals surface area contributed by atoms with Gasteiger partial charge < -0.3 is 5.32 Å². The van der Waals surface area contributed by atoms with E-state index in [1.165, 1.54) is 6.08 Å². The molecule has 1 rings (SSSR count). The third-order valence-electron chi connectivity index (χ3n) is 2.23. The van der Waals surface area contributed by atoms with Crippen LogP contribution in [0, 0.1) is 17.5 Å². The highest BCUT2D eigenvalue weighted by Gasteiger charge is 2.08. The average Bonchev–Trinajstić information content (AvgIpc) is 2.23. The van der Waals surface area contributed by atoms with Gasteiger partial charge in [-0.1, -0.05) is 25.5 Å². The minimum absolute atomic E-state index is 0.0620. The third kappa shape index (κ3) is 4.23. The lowest BCUT2D eigenvalue weighted by Gasteiger charge is -2.08. The molecule has 0 fully saturated rings. The van der Waals surface area contributed by atoms with Crippen LogP contribution in [0.3, 0.4) is 0 Å². The van der Waals surface area contributed by atoms with Gasteiger partial charge in [0, 0.05) is 24.2 Å². The summed E-state index contributed by atoms with van der Waals surface area (Å²) in [6, 6.07) is 1.74. The number of nitrogens with one attached hydrogen (secondary N) is 1. The van der Waals surface area contributed by atoms with E-state index in [-0.39, 0.29) is 5.56 Å². The summed E-state index contributed by atoms with van der Waals surface area (Å²) >= 11 is 0. The molecule has 0 unspecified atom stereocenters. The summed E-state index contributed by atoms with van der Waals surface area (Å²) in [5.41, 5.74) is 0.913. The monoisotopic (exact) mass is 243 g/mol. The summed E-state index contributed by atoms with van der Waals surface area (Å²) in [6.07, 6.45) is 1.51. The molecule has 0 amide bonds. The van der Waals surface area contributed by atoms with Crippen LogP contribution in [-0.4, -0.2) is 12.6 Å². The van der Waals surface area contributed by atoms with Crippen molar-refractivity contribution in [2.45, 2.75) is 26.8 Å². The fourth-order valence-corrected chi connectivity index (χ4v) is 1.33. The molecular weight excluding hydrogens is 227 g/mol. The average molecular weight is 243 g/mol. The second kappa shape index (κ2) is 5.87. The highest BCUT2D eigenvalue weighted by Crippen LogP contribution is 2.16. The Labute approximate surface area is 99.3 Å². The lowest BCUT2D eigenvalue weighted by atomic mass is 10.1. The Morgan fingerprint density at radius 3 is 2.35 bits per heavy atom. The Morgan fingerprint density at radius 2 is 1.76 bits per heavy atom. The van der Waals surface area contributed by atoms with Gasteiger partial charge in [0.2, 0.25) is 0 Å². The van der Waals surface area contributed by atoms with Crippen LogP contribution in [-0.2, 0) is 0 Å². The number of rotatable bonds is 4. The smallest absolute Gasteiger partial charge is 0.161 e. The van der Waals surface area contributed by atoms with Crippen LogP contribution in [0.25, 0.3) is 6.08 Å². The van der Waals surface area contributed by atoms with E-state index in [9.17, 15) is 13.2 Å². The molecule has 0 aromatic heterocycles. The zero-order valence-electron chi connectivity index (χ0n) is 10.2. The Morgan fingerprint density at radius 1 is 1.18 bits per heavy atom. The molecule has 0 saturated heterocycles. The Bertz CT molecular complexity index is 425. The van der Waals surface area contributed by atoms with Crippen molar-refractivity contribution in [3.63, 3.8) is 0 Å². The number of hydrogen-bond acceptors (Lipinski definition) is 1. The molecule has 1 N–H and O–H groups in total. The molecule has 0 atom stereocenters. The standard InChI is InChI=1S/C13H16F3N/c1-8(2)17-7-9(3)4-10-5-12(15)13(16)6-11(10)14/h4-6,8,17H,7H2,1-3H3/b9-4+.